The summed E-state index contributed by atoms with van der Waals surface area (Å²) in [6, 6.07) is 12.6. The van der Waals surface area contributed by atoms with Gasteiger partial charge in [-0.05, 0) is 54.5 Å². The molecule has 3 heterocycles. The Bertz CT molecular complexity index is 1720. The molecule has 0 fully saturated rings. The van der Waals surface area contributed by atoms with Gasteiger partial charge in [0.2, 0.25) is 5.78 Å². The van der Waals surface area contributed by atoms with Crippen LogP contribution in [0.5, 0.6) is 23.1 Å². The molecule has 0 unspecified atom stereocenters. The van der Waals surface area contributed by atoms with Gasteiger partial charge in [-0.2, -0.15) is 0 Å². The number of rotatable bonds is 8. The lowest BCUT2D eigenvalue weighted by Gasteiger charge is -2.17. The third-order valence-electron chi connectivity index (χ3n) is 6.34. The molecule has 0 amide bonds. The Morgan fingerprint density at radius 1 is 0.950 bits per heavy atom. The fraction of sp³-hybridized carbons (Fsp3) is 0.167. The van der Waals surface area contributed by atoms with Gasteiger partial charge in [0.1, 0.15) is 17.0 Å². The summed E-state index contributed by atoms with van der Waals surface area (Å²) in [6.07, 6.45) is 1.29. The molecule has 0 spiro atoms. The Kier molecular flexibility index (Phi) is 7.33. The van der Waals surface area contributed by atoms with Crippen molar-refractivity contribution in [3.8, 4) is 23.1 Å². The molecule has 10 heteroatoms. The van der Waals surface area contributed by atoms with Crippen molar-refractivity contribution >= 4 is 28.3 Å². The summed E-state index contributed by atoms with van der Waals surface area (Å²) in [4.78, 5) is 39.2. The lowest BCUT2D eigenvalue weighted by atomic mass is 9.89. The third kappa shape index (κ3) is 5.15. The van der Waals surface area contributed by atoms with E-state index in [9.17, 15) is 14.0 Å². The Hall–Kier alpha value is -4.99. The highest BCUT2D eigenvalue weighted by Crippen LogP contribution is 2.35. The van der Waals surface area contributed by atoms with E-state index in [0.717, 1.165) is 0 Å². The number of fused-ring (bicyclic) bond motifs is 1. The molecule has 8 nitrogen and oxygen atoms in total. The zero-order valence-electron chi connectivity index (χ0n) is 21.8. The van der Waals surface area contributed by atoms with E-state index in [1.165, 1.54) is 56.8 Å². The number of methoxy groups -OCH3 is 2. The summed E-state index contributed by atoms with van der Waals surface area (Å²) < 4.78 is 44.8. The van der Waals surface area contributed by atoms with Gasteiger partial charge in [0.15, 0.2) is 28.8 Å². The van der Waals surface area contributed by atoms with Gasteiger partial charge in [0.05, 0.1) is 31.9 Å². The average molecular weight is 544 g/mol. The molecule has 0 atom stereocenters. The van der Waals surface area contributed by atoms with Crippen molar-refractivity contribution in [3.05, 3.63) is 94.7 Å². The standard InChI is InChI=1S/C30H23F2N3O5/c1-16-15-34-27(18-5-7-19(31)8-6-18)29(37)26(16)22(36)13-17-4-9-23(20(32)12-17)40-24-10-11-33-21-14-25(38-2)30(39-3)35-28(21)24/h4-12,14H,13,15H2,1-3H3. The number of halogens is 2. The number of allylic oxidation sites excluding steroid dienone is 1. The number of Topliss-reactive ketones (excluding diaryl/α,β-unsaturated/α-hetero) is 2. The maximum atomic E-state index is 15.1. The van der Waals surface area contributed by atoms with Crippen molar-refractivity contribution < 1.29 is 32.6 Å². The Labute approximate surface area is 228 Å². The number of aromatic nitrogens is 2. The van der Waals surface area contributed by atoms with E-state index in [-0.39, 0.29) is 41.6 Å². The van der Waals surface area contributed by atoms with E-state index in [1.54, 1.807) is 25.1 Å². The lowest BCUT2D eigenvalue weighted by Crippen LogP contribution is -2.29. The highest BCUT2D eigenvalue weighted by molar-refractivity contribution is 6.56. The van der Waals surface area contributed by atoms with Crippen LogP contribution < -0.4 is 14.2 Å². The first-order valence-corrected chi connectivity index (χ1v) is 12.2. The van der Waals surface area contributed by atoms with Crippen LogP contribution in [-0.4, -0.2) is 48.0 Å². The SMILES string of the molecule is COc1cc2nccc(Oc3ccc(CC(=O)C4=C(C)CN=C(c5ccc(F)cc5)C4=O)cc3F)c2nc1OC. The van der Waals surface area contributed by atoms with Gasteiger partial charge >= 0.3 is 0 Å². The second-order valence-corrected chi connectivity index (χ2v) is 9.00. The first kappa shape index (κ1) is 26.6. The van der Waals surface area contributed by atoms with Gasteiger partial charge in [-0.25, -0.2) is 13.8 Å². The Morgan fingerprint density at radius 2 is 1.73 bits per heavy atom. The van der Waals surface area contributed by atoms with Gasteiger partial charge in [-0.1, -0.05) is 6.07 Å². The van der Waals surface area contributed by atoms with Gasteiger partial charge < -0.3 is 14.2 Å². The number of hydrogen-bond donors (Lipinski definition) is 0. The highest BCUT2D eigenvalue weighted by atomic mass is 19.1. The average Bonchev–Trinajstić information content (AvgIpc) is 2.94. The zero-order valence-corrected chi connectivity index (χ0v) is 21.8. The van der Waals surface area contributed by atoms with Crippen molar-refractivity contribution in [2.45, 2.75) is 13.3 Å². The van der Waals surface area contributed by atoms with E-state index in [0.29, 0.717) is 33.5 Å². The molecular formula is C30H23F2N3O5. The van der Waals surface area contributed by atoms with Crippen LogP contribution in [-0.2, 0) is 16.0 Å². The van der Waals surface area contributed by atoms with E-state index >= 15 is 4.39 Å². The Balaban J connectivity index is 1.35. The molecule has 0 radical (unpaired) electrons. The first-order valence-electron chi connectivity index (χ1n) is 12.2. The van der Waals surface area contributed by atoms with Crippen molar-refractivity contribution in [3.63, 3.8) is 0 Å². The van der Waals surface area contributed by atoms with E-state index in [2.05, 4.69) is 15.0 Å². The van der Waals surface area contributed by atoms with E-state index in [1.807, 2.05) is 0 Å². The molecule has 0 saturated heterocycles. The molecule has 1 aliphatic rings. The van der Waals surface area contributed by atoms with Crippen LogP contribution in [0.3, 0.4) is 0 Å². The van der Waals surface area contributed by atoms with Gasteiger partial charge in [0, 0.05) is 30.3 Å². The first-order chi connectivity index (χ1) is 19.3. The quantitative estimate of drug-likeness (QED) is 0.281. The minimum Gasteiger partial charge on any atom is -0.491 e. The summed E-state index contributed by atoms with van der Waals surface area (Å²) in [7, 11) is 2.93. The summed E-state index contributed by atoms with van der Waals surface area (Å²) >= 11 is 0. The number of aliphatic imine (C=N–C) groups is 1. The summed E-state index contributed by atoms with van der Waals surface area (Å²) in [5, 5.41) is 0. The van der Waals surface area contributed by atoms with Crippen LogP contribution in [0, 0.1) is 11.6 Å². The number of ketones is 2. The Morgan fingerprint density at radius 3 is 2.42 bits per heavy atom. The van der Waals surface area contributed by atoms with E-state index < -0.39 is 23.2 Å². The lowest BCUT2D eigenvalue weighted by molar-refractivity contribution is -0.118. The predicted octanol–water partition coefficient (Wildman–Crippen LogP) is 5.22. The molecule has 0 aliphatic carbocycles. The van der Waals surface area contributed by atoms with Gasteiger partial charge in [0.25, 0.3) is 5.88 Å². The highest BCUT2D eigenvalue weighted by Gasteiger charge is 2.29. The van der Waals surface area contributed by atoms with Crippen LogP contribution in [0.1, 0.15) is 18.1 Å². The van der Waals surface area contributed by atoms with Crippen molar-refractivity contribution in [1.29, 1.82) is 0 Å². The fourth-order valence-corrected chi connectivity index (χ4v) is 4.37. The van der Waals surface area contributed by atoms with Crippen LogP contribution >= 0.6 is 0 Å². The monoisotopic (exact) mass is 543 g/mol. The normalized spacial score (nSPS) is 13.3. The number of hydrogen-bond acceptors (Lipinski definition) is 8. The van der Waals surface area contributed by atoms with Crippen molar-refractivity contribution in [1.82, 2.24) is 9.97 Å². The minimum atomic E-state index is -0.704. The topological polar surface area (TPSA) is 100.0 Å². The predicted molar refractivity (Wildman–Crippen MR) is 143 cm³/mol. The molecule has 0 N–H and O–H groups in total. The van der Waals surface area contributed by atoms with Crippen LogP contribution in [0.15, 0.2) is 76.9 Å². The number of benzene rings is 2. The zero-order chi connectivity index (χ0) is 28.4. The second-order valence-electron chi connectivity index (χ2n) is 9.00. The van der Waals surface area contributed by atoms with Gasteiger partial charge in [-0.3, -0.25) is 19.6 Å². The molecule has 1 aliphatic heterocycles. The van der Waals surface area contributed by atoms with Crippen molar-refractivity contribution in [2.75, 3.05) is 20.8 Å². The fourth-order valence-electron chi connectivity index (χ4n) is 4.37. The van der Waals surface area contributed by atoms with Crippen LogP contribution in [0.25, 0.3) is 11.0 Å². The molecule has 40 heavy (non-hydrogen) atoms. The van der Waals surface area contributed by atoms with Crippen LogP contribution in [0.4, 0.5) is 8.78 Å². The third-order valence-corrected chi connectivity index (χ3v) is 6.34. The molecule has 0 saturated carbocycles. The second kappa shape index (κ2) is 11.0. The van der Waals surface area contributed by atoms with Crippen LogP contribution in [0.2, 0.25) is 0 Å². The molecule has 0 bridgehead atoms. The summed E-state index contributed by atoms with van der Waals surface area (Å²) in [5.41, 5.74) is 2.21. The summed E-state index contributed by atoms with van der Waals surface area (Å²) in [6.45, 7) is 1.82. The molecule has 2 aromatic heterocycles. The molecule has 202 valence electrons. The van der Waals surface area contributed by atoms with Gasteiger partial charge in [-0.15, -0.1) is 0 Å². The maximum absolute atomic E-state index is 15.1. The largest absolute Gasteiger partial charge is 0.491 e. The number of ether oxygens (including phenoxy) is 3. The molecule has 5 rings (SSSR count). The molecular weight excluding hydrogens is 520 g/mol. The number of carbonyl (C=O) groups excluding carboxylic acids is 2. The minimum absolute atomic E-state index is 0.00812. The number of pyridine rings is 2. The number of carbonyl (C=O) groups is 2. The maximum Gasteiger partial charge on any atom is 0.257 e. The number of dihydropyridines is 1. The number of nitrogens with zero attached hydrogens (tertiary/aromatic N) is 3. The molecule has 2 aromatic carbocycles. The summed E-state index contributed by atoms with van der Waals surface area (Å²) in [5.74, 6) is -1.39. The van der Waals surface area contributed by atoms with E-state index in [4.69, 9.17) is 14.2 Å². The molecule has 4 aromatic rings. The van der Waals surface area contributed by atoms with Crippen molar-refractivity contribution in [2.24, 2.45) is 4.99 Å². The smallest absolute Gasteiger partial charge is 0.257 e.